The predicted molar refractivity (Wildman–Crippen MR) is 87.2 cm³/mol. The smallest absolute Gasteiger partial charge is 0.262 e. The zero-order chi connectivity index (χ0) is 17.6. The first-order chi connectivity index (χ1) is 11.4. The maximum Gasteiger partial charge on any atom is 0.262 e. The summed E-state index contributed by atoms with van der Waals surface area (Å²) in [5, 5.41) is 5.20. The van der Waals surface area contributed by atoms with Crippen LogP contribution in [0.4, 0.5) is 14.5 Å². The molecular formula is C17H24F2N2O3. The minimum Gasteiger partial charge on any atom is -0.376 e. The Balaban J connectivity index is 1.79. The summed E-state index contributed by atoms with van der Waals surface area (Å²) in [6.07, 6.45) is -0.305. The summed E-state index contributed by atoms with van der Waals surface area (Å²) in [6, 6.07) is 6.29. The molecule has 1 unspecified atom stereocenters. The van der Waals surface area contributed by atoms with Crippen molar-refractivity contribution in [1.82, 2.24) is 5.32 Å². The van der Waals surface area contributed by atoms with E-state index in [9.17, 15) is 13.6 Å². The summed E-state index contributed by atoms with van der Waals surface area (Å²) >= 11 is 0. The van der Waals surface area contributed by atoms with Gasteiger partial charge in [0, 0.05) is 12.1 Å². The topological polar surface area (TPSA) is 59.6 Å². The summed E-state index contributed by atoms with van der Waals surface area (Å²) in [5.41, 5.74) is 1.46. The second-order valence-corrected chi connectivity index (χ2v) is 6.16. The van der Waals surface area contributed by atoms with E-state index in [0.717, 1.165) is 5.56 Å². The van der Waals surface area contributed by atoms with Crippen molar-refractivity contribution in [3.63, 3.8) is 0 Å². The molecule has 0 spiro atoms. The highest BCUT2D eigenvalue weighted by Gasteiger charge is 2.42. The number of alkyl halides is 2. The lowest BCUT2D eigenvalue weighted by Crippen LogP contribution is -2.35. The van der Waals surface area contributed by atoms with Crippen molar-refractivity contribution >= 4 is 11.6 Å². The van der Waals surface area contributed by atoms with Crippen LogP contribution >= 0.6 is 0 Å². The zero-order valence-corrected chi connectivity index (χ0v) is 14.0. The Bertz CT molecular complexity index is 552. The molecule has 0 aliphatic carbocycles. The van der Waals surface area contributed by atoms with Crippen LogP contribution in [0.1, 0.15) is 25.8 Å². The van der Waals surface area contributed by atoms with Crippen molar-refractivity contribution in [2.45, 2.75) is 44.9 Å². The van der Waals surface area contributed by atoms with Crippen molar-refractivity contribution < 1.29 is 23.0 Å². The van der Waals surface area contributed by atoms with Gasteiger partial charge in [0.05, 0.1) is 38.5 Å². The van der Waals surface area contributed by atoms with Gasteiger partial charge in [-0.25, -0.2) is 8.78 Å². The van der Waals surface area contributed by atoms with E-state index in [1.165, 1.54) is 0 Å². The van der Waals surface area contributed by atoms with Crippen LogP contribution in [-0.4, -0.2) is 43.7 Å². The van der Waals surface area contributed by atoms with Crippen molar-refractivity contribution in [3.8, 4) is 0 Å². The van der Waals surface area contributed by atoms with Gasteiger partial charge in [0.15, 0.2) is 0 Å². The maximum atomic E-state index is 13.1. The lowest BCUT2D eigenvalue weighted by Gasteiger charge is -2.12. The number of ether oxygens (including phenoxy) is 2. The van der Waals surface area contributed by atoms with E-state index in [-0.39, 0.29) is 6.10 Å². The Hall–Kier alpha value is -1.57. The molecule has 1 fully saturated rings. The highest BCUT2D eigenvalue weighted by atomic mass is 19.3. The van der Waals surface area contributed by atoms with Crippen LogP contribution in [0.5, 0.6) is 0 Å². The van der Waals surface area contributed by atoms with Gasteiger partial charge in [-0.1, -0.05) is 12.1 Å². The van der Waals surface area contributed by atoms with Crippen molar-refractivity contribution in [2.24, 2.45) is 0 Å². The number of carbonyl (C=O) groups excluding carboxylic acids is 1. The highest BCUT2D eigenvalue weighted by molar-refractivity contribution is 5.95. The normalized spacial score (nSPS) is 19.6. The number of hydrogen-bond acceptors (Lipinski definition) is 4. The molecule has 1 amide bonds. The van der Waals surface area contributed by atoms with Gasteiger partial charge in [0.1, 0.15) is 0 Å². The fourth-order valence-corrected chi connectivity index (χ4v) is 2.40. The van der Waals surface area contributed by atoms with Crippen molar-refractivity contribution in [1.29, 1.82) is 0 Å². The largest absolute Gasteiger partial charge is 0.376 e. The molecule has 1 aromatic rings. The SMILES string of the molecule is CC(C)OCCOCc1cccc(NC(=O)C2CC(F)(F)CN2)c1. The molecule has 2 N–H and O–H groups in total. The third-order valence-corrected chi connectivity index (χ3v) is 3.57. The van der Waals surface area contributed by atoms with Crippen LogP contribution in [0.25, 0.3) is 0 Å². The highest BCUT2D eigenvalue weighted by Crippen LogP contribution is 2.25. The molecule has 1 aromatic carbocycles. The first kappa shape index (κ1) is 18.8. The van der Waals surface area contributed by atoms with Gasteiger partial charge in [-0.05, 0) is 31.5 Å². The average Bonchev–Trinajstić information content (AvgIpc) is 2.87. The minimum absolute atomic E-state index is 0.170. The number of rotatable bonds is 8. The third-order valence-electron chi connectivity index (χ3n) is 3.57. The summed E-state index contributed by atoms with van der Waals surface area (Å²) in [5.74, 6) is -3.27. The van der Waals surface area contributed by atoms with Crippen LogP contribution in [-0.2, 0) is 20.9 Å². The van der Waals surface area contributed by atoms with E-state index in [1.54, 1.807) is 18.2 Å². The molecular weight excluding hydrogens is 318 g/mol. The molecule has 1 heterocycles. The number of halogens is 2. The van der Waals surface area contributed by atoms with Crippen LogP contribution < -0.4 is 10.6 Å². The van der Waals surface area contributed by atoms with E-state index in [1.807, 2.05) is 19.9 Å². The predicted octanol–water partition coefficient (Wildman–Crippen LogP) is 2.56. The molecule has 0 aromatic heterocycles. The molecule has 24 heavy (non-hydrogen) atoms. The van der Waals surface area contributed by atoms with Gasteiger partial charge in [-0.15, -0.1) is 0 Å². The van der Waals surface area contributed by atoms with E-state index in [4.69, 9.17) is 9.47 Å². The van der Waals surface area contributed by atoms with Crippen LogP contribution in [0.15, 0.2) is 24.3 Å². The first-order valence-electron chi connectivity index (χ1n) is 8.06. The molecule has 0 radical (unpaired) electrons. The number of nitrogens with one attached hydrogen (secondary N) is 2. The van der Waals surface area contributed by atoms with Crippen molar-refractivity contribution in [3.05, 3.63) is 29.8 Å². The number of benzene rings is 1. The molecule has 1 aliphatic rings. The van der Waals surface area contributed by atoms with Gasteiger partial charge in [-0.3, -0.25) is 10.1 Å². The third kappa shape index (κ3) is 6.14. The summed E-state index contributed by atoms with van der Waals surface area (Å²) in [7, 11) is 0. The molecule has 0 saturated carbocycles. The zero-order valence-electron chi connectivity index (χ0n) is 14.0. The Labute approximate surface area is 140 Å². The van der Waals surface area contributed by atoms with Gasteiger partial charge >= 0.3 is 0 Å². The second-order valence-electron chi connectivity index (χ2n) is 6.16. The number of hydrogen-bond donors (Lipinski definition) is 2. The maximum absolute atomic E-state index is 13.1. The van der Waals surface area contributed by atoms with Crippen LogP contribution in [0, 0.1) is 0 Å². The molecule has 134 valence electrons. The fourth-order valence-electron chi connectivity index (χ4n) is 2.40. The second kappa shape index (κ2) is 8.50. The lowest BCUT2D eigenvalue weighted by atomic mass is 10.1. The number of anilines is 1. The Kier molecular flexibility index (Phi) is 6.65. The summed E-state index contributed by atoms with van der Waals surface area (Å²) < 4.78 is 37.2. The summed E-state index contributed by atoms with van der Waals surface area (Å²) in [4.78, 5) is 12.0. The molecule has 7 heteroatoms. The van der Waals surface area contributed by atoms with E-state index < -0.39 is 30.8 Å². The van der Waals surface area contributed by atoms with Crippen LogP contribution in [0.2, 0.25) is 0 Å². The van der Waals surface area contributed by atoms with E-state index in [2.05, 4.69) is 10.6 Å². The standard InChI is InChI=1S/C17H24F2N2O3/c1-12(2)24-7-6-23-10-13-4-3-5-14(8-13)21-16(22)15-9-17(18,19)11-20-15/h3-5,8,12,15,20H,6-7,9-11H2,1-2H3,(H,21,22). The first-order valence-corrected chi connectivity index (χ1v) is 8.06. The molecule has 2 rings (SSSR count). The van der Waals surface area contributed by atoms with Gasteiger partial charge in [0.25, 0.3) is 5.92 Å². The lowest BCUT2D eigenvalue weighted by molar-refractivity contribution is -0.118. The van der Waals surface area contributed by atoms with E-state index in [0.29, 0.717) is 25.5 Å². The quantitative estimate of drug-likeness (QED) is 0.713. The minimum atomic E-state index is -2.82. The van der Waals surface area contributed by atoms with Crippen LogP contribution in [0.3, 0.4) is 0 Å². The Morgan fingerprint density at radius 1 is 1.42 bits per heavy atom. The van der Waals surface area contributed by atoms with Gasteiger partial charge in [-0.2, -0.15) is 0 Å². The Morgan fingerprint density at radius 3 is 2.88 bits per heavy atom. The summed E-state index contributed by atoms with van der Waals surface area (Å²) in [6.45, 7) is 4.86. The van der Waals surface area contributed by atoms with Gasteiger partial charge < -0.3 is 14.8 Å². The molecule has 1 atom stereocenters. The monoisotopic (exact) mass is 342 g/mol. The molecule has 1 aliphatic heterocycles. The molecule has 1 saturated heterocycles. The fraction of sp³-hybridized carbons (Fsp3) is 0.588. The molecule has 5 nitrogen and oxygen atoms in total. The molecule has 0 bridgehead atoms. The number of carbonyl (C=O) groups is 1. The van der Waals surface area contributed by atoms with E-state index >= 15 is 0 Å². The van der Waals surface area contributed by atoms with Crippen molar-refractivity contribution in [2.75, 3.05) is 25.1 Å². The Morgan fingerprint density at radius 2 is 2.21 bits per heavy atom. The number of amides is 1. The van der Waals surface area contributed by atoms with Gasteiger partial charge in [0.2, 0.25) is 5.91 Å². The average molecular weight is 342 g/mol.